The van der Waals surface area contributed by atoms with Gasteiger partial charge in [0.2, 0.25) is 0 Å². The maximum absolute atomic E-state index is 13.9. The number of nitrogens with zero attached hydrogens (tertiary/aromatic N) is 3. The molecular formula is C20H27FIN5O. The van der Waals surface area contributed by atoms with Crippen LogP contribution in [-0.4, -0.2) is 48.3 Å². The summed E-state index contributed by atoms with van der Waals surface area (Å²) < 4.78 is 13.9. The van der Waals surface area contributed by atoms with Crippen molar-refractivity contribution in [1.29, 1.82) is 0 Å². The van der Waals surface area contributed by atoms with Crippen molar-refractivity contribution in [2.24, 2.45) is 4.99 Å². The summed E-state index contributed by atoms with van der Waals surface area (Å²) in [5.41, 5.74) is 1.05. The van der Waals surface area contributed by atoms with Crippen LogP contribution in [0.4, 0.5) is 10.2 Å². The number of halogens is 2. The summed E-state index contributed by atoms with van der Waals surface area (Å²) >= 11 is 0. The van der Waals surface area contributed by atoms with Crippen LogP contribution in [-0.2, 0) is 6.42 Å². The van der Waals surface area contributed by atoms with Crippen LogP contribution in [0.25, 0.3) is 0 Å². The van der Waals surface area contributed by atoms with E-state index in [1.165, 1.54) is 6.07 Å². The smallest absolute Gasteiger partial charge is 0.191 e. The Kier molecular flexibility index (Phi) is 8.75. The molecule has 1 aliphatic rings. The van der Waals surface area contributed by atoms with Crippen molar-refractivity contribution in [1.82, 2.24) is 15.6 Å². The topological polar surface area (TPSA) is 72.8 Å². The summed E-state index contributed by atoms with van der Waals surface area (Å²) in [7, 11) is 0. The molecule has 1 aliphatic heterocycles. The van der Waals surface area contributed by atoms with E-state index in [-0.39, 0.29) is 41.6 Å². The number of anilines is 1. The predicted octanol–water partition coefficient (Wildman–Crippen LogP) is 2.92. The third-order valence-corrected chi connectivity index (χ3v) is 4.49. The van der Waals surface area contributed by atoms with E-state index in [1.807, 2.05) is 24.0 Å². The Bertz CT molecular complexity index is 789. The number of aromatic nitrogens is 1. The normalized spacial score (nSPS) is 16.6. The van der Waals surface area contributed by atoms with Crippen molar-refractivity contribution in [2.75, 3.05) is 31.1 Å². The highest BCUT2D eigenvalue weighted by atomic mass is 127. The average Bonchev–Trinajstić information content (AvgIpc) is 3.10. The predicted molar refractivity (Wildman–Crippen MR) is 121 cm³/mol. The van der Waals surface area contributed by atoms with Crippen molar-refractivity contribution >= 4 is 35.8 Å². The van der Waals surface area contributed by atoms with Gasteiger partial charge in [0.15, 0.2) is 17.6 Å². The van der Waals surface area contributed by atoms with Gasteiger partial charge in [0, 0.05) is 38.4 Å². The van der Waals surface area contributed by atoms with E-state index >= 15 is 0 Å². The van der Waals surface area contributed by atoms with Gasteiger partial charge >= 0.3 is 0 Å². The van der Waals surface area contributed by atoms with Crippen LogP contribution in [0.2, 0.25) is 0 Å². The molecule has 1 saturated heterocycles. The molecule has 1 atom stereocenters. The Labute approximate surface area is 182 Å². The molecule has 152 valence electrons. The third kappa shape index (κ3) is 6.22. The Balaban J connectivity index is 0.00000280. The second kappa shape index (κ2) is 11.0. The van der Waals surface area contributed by atoms with Crippen LogP contribution in [0.15, 0.2) is 47.6 Å². The van der Waals surface area contributed by atoms with Crippen molar-refractivity contribution in [3.05, 3.63) is 54.0 Å². The first-order valence-corrected chi connectivity index (χ1v) is 9.34. The zero-order valence-electron chi connectivity index (χ0n) is 15.9. The fraction of sp³-hybridized carbons (Fsp3) is 0.400. The van der Waals surface area contributed by atoms with Crippen LogP contribution in [0.1, 0.15) is 18.9 Å². The first-order valence-electron chi connectivity index (χ1n) is 9.34. The lowest BCUT2D eigenvalue weighted by atomic mass is 10.1. The van der Waals surface area contributed by atoms with Gasteiger partial charge < -0.3 is 20.6 Å². The fourth-order valence-electron chi connectivity index (χ4n) is 3.20. The van der Waals surface area contributed by atoms with E-state index in [4.69, 9.17) is 0 Å². The molecule has 0 radical (unpaired) electrons. The Morgan fingerprint density at radius 2 is 2.21 bits per heavy atom. The van der Waals surface area contributed by atoms with E-state index in [9.17, 15) is 9.50 Å². The second-order valence-corrected chi connectivity index (χ2v) is 6.57. The molecule has 3 rings (SSSR count). The number of phenolic OH excluding ortho intramolecular Hbond substituents is 1. The van der Waals surface area contributed by atoms with E-state index in [1.54, 1.807) is 24.4 Å². The molecule has 1 unspecified atom stereocenters. The minimum Gasteiger partial charge on any atom is -0.508 e. The number of benzene rings is 1. The number of rotatable bonds is 6. The Hall–Kier alpha value is -2.10. The van der Waals surface area contributed by atoms with E-state index < -0.39 is 0 Å². The van der Waals surface area contributed by atoms with Crippen LogP contribution in [0, 0.1) is 5.82 Å². The number of hydrogen-bond acceptors (Lipinski definition) is 4. The molecule has 1 fully saturated rings. The number of guanidine groups is 1. The highest BCUT2D eigenvalue weighted by molar-refractivity contribution is 14.0. The van der Waals surface area contributed by atoms with Gasteiger partial charge in [0.05, 0.1) is 0 Å². The summed E-state index contributed by atoms with van der Waals surface area (Å²) in [5, 5.41) is 16.2. The van der Waals surface area contributed by atoms with Gasteiger partial charge in [-0.15, -0.1) is 24.0 Å². The molecular weight excluding hydrogens is 472 g/mol. The summed E-state index contributed by atoms with van der Waals surface area (Å²) in [4.78, 5) is 10.7. The van der Waals surface area contributed by atoms with E-state index in [2.05, 4.69) is 20.6 Å². The Morgan fingerprint density at radius 1 is 1.36 bits per heavy atom. The van der Waals surface area contributed by atoms with E-state index in [0.717, 1.165) is 37.5 Å². The zero-order chi connectivity index (χ0) is 19.1. The standard InChI is InChI=1S/C20H26FN5O.HI/c1-2-22-20(24-11-8-15-5-3-6-17(27)13-15)25-16-9-12-26(14-16)19-18(21)7-4-10-23-19;/h3-7,10,13,16,27H,2,8-9,11-12,14H2,1H3,(H2,22,24,25);1H. The van der Waals surface area contributed by atoms with Gasteiger partial charge in [-0.2, -0.15) is 0 Å². The maximum Gasteiger partial charge on any atom is 0.191 e. The lowest BCUT2D eigenvalue weighted by molar-refractivity contribution is 0.474. The number of nitrogens with one attached hydrogen (secondary N) is 2. The van der Waals surface area contributed by atoms with Gasteiger partial charge in [-0.3, -0.25) is 4.99 Å². The molecule has 3 N–H and O–H groups in total. The Morgan fingerprint density at radius 3 is 2.96 bits per heavy atom. The minimum absolute atomic E-state index is 0. The summed E-state index contributed by atoms with van der Waals surface area (Å²) in [6.07, 6.45) is 3.26. The number of aliphatic imine (C=N–C) groups is 1. The second-order valence-electron chi connectivity index (χ2n) is 6.57. The third-order valence-electron chi connectivity index (χ3n) is 4.49. The molecule has 6 nitrogen and oxygen atoms in total. The highest BCUT2D eigenvalue weighted by Gasteiger charge is 2.25. The molecule has 8 heteroatoms. The number of pyridine rings is 1. The summed E-state index contributed by atoms with van der Waals surface area (Å²) in [6, 6.07) is 10.5. The number of hydrogen-bond donors (Lipinski definition) is 3. The van der Waals surface area contributed by atoms with Gasteiger partial charge in [0.1, 0.15) is 5.75 Å². The molecule has 28 heavy (non-hydrogen) atoms. The van der Waals surface area contributed by atoms with Gasteiger partial charge in [-0.1, -0.05) is 12.1 Å². The van der Waals surface area contributed by atoms with Crippen molar-refractivity contribution < 1.29 is 9.50 Å². The number of phenols is 1. The molecule has 0 aliphatic carbocycles. The molecule has 0 spiro atoms. The average molecular weight is 499 g/mol. The SMILES string of the molecule is CCNC(=NCCc1cccc(O)c1)NC1CCN(c2ncccc2F)C1.I. The molecule has 1 aromatic carbocycles. The summed E-state index contributed by atoms with van der Waals surface area (Å²) in [6.45, 7) is 4.85. The largest absolute Gasteiger partial charge is 0.508 e. The fourth-order valence-corrected chi connectivity index (χ4v) is 3.20. The lowest BCUT2D eigenvalue weighted by Crippen LogP contribution is -2.44. The molecule has 2 aromatic rings. The number of aromatic hydroxyl groups is 1. The molecule has 0 bridgehead atoms. The van der Waals surface area contributed by atoms with Crippen molar-refractivity contribution in [2.45, 2.75) is 25.8 Å². The maximum atomic E-state index is 13.9. The molecule has 1 aromatic heterocycles. The lowest BCUT2D eigenvalue weighted by Gasteiger charge is -2.20. The zero-order valence-corrected chi connectivity index (χ0v) is 18.3. The first-order chi connectivity index (χ1) is 13.2. The molecule has 0 saturated carbocycles. The van der Waals surface area contributed by atoms with Crippen LogP contribution < -0.4 is 15.5 Å². The van der Waals surface area contributed by atoms with Crippen molar-refractivity contribution in [3.8, 4) is 5.75 Å². The monoisotopic (exact) mass is 499 g/mol. The van der Waals surface area contributed by atoms with Crippen LogP contribution >= 0.6 is 24.0 Å². The molecule has 0 amide bonds. The van der Waals surface area contributed by atoms with E-state index in [0.29, 0.717) is 18.9 Å². The minimum atomic E-state index is -0.287. The quantitative estimate of drug-likeness (QED) is 0.324. The van der Waals surface area contributed by atoms with Crippen LogP contribution in [0.5, 0.6) is 5.75 Å². The van der Waals surface area contributed by atoms with Gasteiger partial charge in [0.25, 0.3) is 0 Å². The summed E-state index contributed by atoms with van der Waals surface area (Å²) in [5.74, 6) is 1.15. The van der Waals surface area contributed by atoms with Crippen LogP contribution in [0.3, 0.4) is 0 Å². The highest BCUT2D eigenvalue weighted by Crippen LogP contribution is 2.20. The van der Waals surface area contributed by atoms with Gasteiger partial charge in [-0.05, 0) is 49.6 Å². The molecule has 2 heterocycles. The first kappa shape index (κ1) is 22.2. The van der Waals surface area contributed by atoms with Crippen molar-refractivity contribution in [3.63, 3.8) is 0 Å². The van der Waals surface area contributed by atoms with Gasteiger partial charge in [-0.25, -0.2) is 9.37 Å².